The number of aliphatic hydroxyl groups excluding tert-OH is 1. The normalized spacial score (nSPS) is 18.0. The van der Waals surface area contributed by atoms with Crippen LogP contribution in [-0.4, -0.2) is 29.0 Å². The van der Waals surface area contributed by atoms with E-state index in [0.29, 0.717) is 6.42 Å². The topological polar surface area (TPSA) is 66.5 Å². The van der Waals surface area contributed by atoms with Crippen LogP contribution in [0.2, 0.25) is 0 Å². The van der Waals surface area contributed by atoms with E-state index in [1.165, 1.54) is 0 Å². The first-order chi connectivity index (χ1) is 3.62. The summed E-state index contributed by atoms with van der Waals surface area (Å²) in [5.74, 6) is 0. The second-order valence-corrected chi connectivity index (χ2v) is 2.17. The van der Waals surface area contributed by atoms with Gasteiger partial charge in [-0.15, -0.1) is 0 Å². The van der Waals surface area contributed by atoms with Crippen LogP contribution in [0.15, 0.2) is 0 Å². The van der Waals surface area contributed by atoms with Gasteiger partial charge in [-0.1, -0.05) is 0 Å². The van der Waals surface area contributed by atoms with Crippen molar-refractivity contribution in [3.8, 4) is 0 Å². The van der Waals surface area contributed by atoms with Gasteiger partial charge in [0.2, 0.25) is 0 Å². The molecule has 0 amide bonds. The molecule has 1 atom stereocenters. The van der Waals surface area contributed by atoms with E-state index in [1.54, 1.807) is 6.92 Å². The molecule has 0 saturated carbocycles. The number of nitrogens with two attached hydrogens (primary N) is 1. The van der Waals surface area contributed by atoms with Crippen molar-refractivity contribution in [1.82, 2.24) is 0 Å². The molecule has 0 fully saturated rings. The Morgan fingerprint density at radius 2 is 2.12 bits per heavy atom. The molecular formula is C5H13NO2. The summed E-state index contributed by atoms with van der Waals surface area (Å²) >= 11 is 0. The fourth-order valence-corrected chi connectivity index (χ4v) is 0.343. The van der Waals surface area contributed by atoms with Crippen LogP contribution in [0.1, 0.15) is 13.3 Å². The van der Waals surface area contributed by atoms with Crippen LogP contribution in [0.5, 0.6) is 0 Å². The zero-order valence-electron chi connectivity index (χ0n) is 5.09. The minimum atomic E-state index is -0.880. The first-order valence-corrected chi connectivity index (χ1v) is 2.66. The van der Waals surface area contributed by atoms with Crippen LogP contribution >= 0.6 is 0 Å². The molecule has 0 heterocycles. The van der Waals surface area contributed by atoms with Crippen molar-refractivity contribution in [2.45, 2.75) is 18.9 Å². The highest BCUT2D eigenvalue weighted by Gasteiger charge is 2.15. The molecule has 0 radical (unpaired) electrons. The van der Waals surface area contributed by atoms with Crippen molar-refractivity contribution in [3.63, 3.8) is 0 Å². The van der Waals surface area contributed by atoms with E-state index in [2.05, 4.69) is 0 Å². The average Bonchev–Trinajstić information content (AvgIpc) is 1.67. The van der Waals surface area contributed by atoms with Gasteiger partial charge < -0.3 is 15.9 Å². The predicted octanol–water partition coefficient (Wildman–Crippen LogP) is -0.922. The van der Waals surface area contributed by atoms with Crippen molar-refractivity contribution in [2.75, 3.05) is 13.2 Å². The molecule has 3 heteroatoms. The molecule has 8 heavy (non-hydrogen) atoms. The van der Waals surface area contributed by atoms with E-state index in [0.717, 1.165) is 0 Å². The first kappa shape index (κ1) is 7.88. The van der Waals surface area contributed by atoms with E-state index in [-0.39, 0.29) is 13.2 Å². The second-order valence-electron chi connectivity index (χ2n) is 2.17. The van der Waals surface area contributed by atoms with Gasteiger partial charge in [-0.2, -0.15) is 0 Å². The molecule has 0 aliphatic rings. The Hall–Kier alpha value is -0.120. The smallest absolute Gasteiger partial charge is 0.0763 e. The minimum Gasteiger partial charge on any atom is -0.396 e. The van der Waals surface area contributed by atoms with Crippen molar-refractivity contribution < 1.29 is 10.2 Å². The van der Waals surface area contributed by atoms with Gasteiger partial charge in [0.1, 0.15) is 0 Å². The molecule has 0 aliphatic carbocycles. The van der Waals surface area contributed by atoms with Crippen LogP contribution in [-0.2, 0) is 0 Å². The predicted molar refractivity (Wildman–Crippen MR) is 31.4 cm³/mol. The molecule has 0 bridgehead atoms. The third-order valence-electron chi connectivity index (χ3n) is 1.09. The maximum absolute atomic E-state index is 9.04. The van der Waals surface area contributed by atoms with Crippen LogP contribution in [0.3, 0.4) is 0 Å². The summed E-state index contributed by atoms with van der Waals surface area (Å²) in [5, 5.41) is 17.4. The summed E-state index contributed by atoms with van der Waals surface area (Å²) in [7, 11) is 0. The Balaban J connectivity index is 3.37. The summed E-state index contributed by atoms with van der Waals surface area (Å²) in [4.78, 5) is 0. The summed E-state index contributed by atoms with van der Waals surface area (Å²) in [5.41, 5.74) is 4.25. The molecule has 0 saturated heterocycles. The highest BCUT2D eigenvalue weighted by Crippen LogP contribution is 2.03. The molecule has 0 spiro atoms. The third kappa shape index (κ3) is 2.96. The Kier molecular flexibility index (Phi) is 2.97. The van der Waals surface area contributed by atoms with Gasteiger partial charge in [0.05, 0.1) is 5.60 Å². The molecule has 0 aromatic rings. The van der Waals surface area contributed by atoms with Crippen LogP contribution in [0, 0.1) is 0 Å². The van der Waals surface area contributed by atoms with Gasteiger partial charge in [-0.25, -0.2) is 0 Å². The van der Waals surface area contributed by atoms with Crippen LogP contribution in [0.25, 0.3) is 0 Å². The molecule has 0 aromatic carbocycles. The van der Waals surface area contributed by atoms with E-state index in [1.807, 2.05) is 0 Å². The maximum Gasteiger partial charge on any atom is 0.0763 e. The SMILES string of the molecule is C[C@@](O)(CN)CCO. The lowest BCUT2D eigenvalue weighted by Gasteiger charge is -2.18. The summed E-state index contributed by atoms with van der Waals surface area (Å²) in [6.45, 7) is 1.79. The number of hydrogen-bond acceptors (Lipinski definition) is 3. The van der Waals surface area contributed by atoms with Crippen LogP contribution < -0.4 is 5.73 Å². The lowest BCUT2D eigenvalue weighted by molar-refractivity contribution is 0.0418. The van der Waals surface area contributed by atoms with Crippen LogP contribution in [0.4, 0.5) is 0 Å². The molecule has 4 N–H and O–H groups in total. The standard InChI is InChI=1S/C5H13NO2/c1-5(8,4-6)2-3-7/h7-8H,2-4,6H2,1H3/t5-/m0/s1. The number of rotatable bonds is 3. The van der Waals surface area contributed by atoms with E-state index < -0.39 is 5.60 Å². The lowest BCUT2D eigenvalue weighted by atomic mass is 10.0. The average molecular weight is 119 g/mol. The monoisotopic (exact) mass is 119 g/mol. The molecule has 0 aliphatic heterocycles. The lowest BCUT2D eigenvalue weighted by Crippen LogP contribution is -2.34. The van der Waals surface area contributed by atoms with E-state index in [9.17, 15) is 0 Å². The molecule has 0 unspecified atom stereocenters. The summed E-state index contributed by atoms with van der Waals surface area (Å²) in [6, 6.07) is 0. The maximum atomic E-state index is 9.04. The van der Waals surface area contributed by atoms with Crippen molar-refractivity contribution in [3.05, 3.63) is 0 Å². The van der Waals surface area contributed by atoms with Gasteiger partial charge in [-0.05, 0) is 6.92 Å². The van der Waals surface area contributed by atoms with Gasteiger partial charge in [0.15, 0.2) is 0 Å². The van der Waals surface area contributed by atoms with Gasteiger partial charge >= 0.3 is 0 Å². The Bertz CT molecular complexity index is 63.4. The zero-order valence-corrected chi connectivity index (χ0v) is 5.09. The summed E-state index contributed by atoms with van der Waals surface area (Å²) < 4.78 is 0. The highest BCUT2D eigenvalue weighted by molar-refractivity contribution is 4.71. The largest absolute Gasteiger partial charge is 0.396 e. The number of aliphatic hydroxyl groups is 2. The van der Waals surface area contributed by atoms with Crippen molar-refractivity contribution >= 4 is 0 Å². The molecule has 50 valence electrons. The summed E-state index contributed by atoms with van der Waals surface area (Å²) in [6.07, 6.45) is 0.351. The minimum absolute atomic E-state index is 0.00972. The highest BCUT2D eigenvalue weighted by atomic mass is 16.3. The van der Waals surface area contributed by atoms with Gasteiger partial charge in [-0.3, -0.25) is 0 Å². The zero-order chi connectivity index (χ0) is 6.62. The Morgan fingerprint density at radius 1 is 1.62 bits per heavy atom. The number of hydrogen-bond donors (Lipinski definition) is 3. The quantitative estimate of drug-likeness (QED) is 0.450. The molecular weight excluding hydrogens is 106 g/mol. The van der Waals surface area contributed by atoms with E-state index in [4.69, 9.17) is 15.9 Å². The Morgan fingerprint density at radius 3 is 2.25 bits per heavy atom. The van der Waals surface area contributed by atoms with Crippen molar-refractivity contribution in [1.29, 1.82) is 0 Å². The van der Waals surface area contributed by atoms with Gasteiger partial charge in [0, 0.05) is 19.6 Å². The molecule has 3 nitrogen and oxygen atoms in total. The third-order valence-corrected chi connectivity index (χ3v) is 1.09. The second kappa shape index (κ2) is 3.02. The van der Waals surface area contributed by atoms with E-state index >= 15 is 0 Å². The first-order valence-electron chi connectivity index (χ1n) is 2.66. The fraction of sp³-hybridized carbons (Fsp3) is 1.00. The molecule has 0 rings (SSSR count). The van der Waals surface area contributed by atoms with Crippen molar-refractivity contribution in [2.24, 2.45) is 5.73 Å². The van der Waals surface area contributed by atoms with Gasteiger partial charge in [0.25, 0.3) is 0 Å². The fourth-order valence-electron chi connectivity index (χ4n) is 0.343. The Labute approximate surface area is 49.1 Å². The molecule has 0 aromatic heterocycles.